The summed E-state index contributed by atoms with van der Waals surface area (Å²) >= 11 is 0. The summed E-state index contributed by atoms with van der Waals surface area (Å²) in [6, 6.07) is 7.84. The first-order valence-electron chi connectivity index (χ1n) is 6.69. The molecule has 0 heterocycles. The van der Waals surface area contributed by atoms with Crippen LogP contribution in [0.15, 0.2) is 24.3 Å². The van der Waals surface area contributed by atoms with Crippen molar-refractivity contribution in [1.29, 1.82) is 0 Å². The first-order chi connectivity index (χ1) is 8.95. The Labute approximate surface area is 115 Å². The van der Waals surface area contributed by atoms with Gasteiger partial charge in [0.2, 0.25) is 0 Å². The van der Waals surface area contributed by atoms with Crippen molar-refractivity contribution < 1.29 is 9.53 Å². The molecule has 2 N–H and O–H groups in total. The van der Waals surface area contributed by atoms with Crippen molar-refractivity contribution in [2.24, 2.45) is 5.73 Å². The van der Waals surface area contributed by atoms with E-state index >= 15 is 0 Å². The lowest BCUT2D eigenvalue weighted by Gasteiger charge is -2.21. The summed E-state index contributed by atoms with van der Waals surface area (Å²) in [5, 5.41) is 0. The third-order valence-electron chi connectivity index (χ3n) is 3.28. The lowest BCUT2D eigenvalue weighted by atomic mass is 10.1. The van der Waals surface area contributed by atoms with Crippen LogP contribution in [0.25, 0.3) is 0 Å². The van der Waals surface area contributed by atoms with E-state index in [0.29, 0.717) is 5.75 Å². The Balaban J connectivity index is 2.52. The largest absolute Gasteiger partial charge is 0.484 e. The zero-order chi connectivity index (χ0) is 14.4. The Hall–Kier alpha value is -1.55. The number of carbonyl (C=O) groups excluding carboxylic acids is 1. The Morgan fingerprint density at radius 1 is 1.32 bits per heavy atom. The first-order valence-corrected chi connectivity index (χ1v) is 6.69. The van der Waals surface area contributed by atoms with Gasteiger partial charge in [0.1, 0.15) is 5.75 Å². The van der Waals surface area contributed by atoms with Crippen LogP contribution in [0, 0.1) is 0 Å². The average Bonchev–Trinajstić information content (AvgIpc) is 2.43. The van der Waals surface area contributed by atoms with E-state index in [4.69, 9.17) is 10.5 Å². The van der Waals surface area contributed by atoms with Gasteiger partial charge in [0.05, 0.1) is 0 Å². The molecule has 0 radical (unpaired) electrons. The van der Waals surface area contributed by atoms with E-state index in [1.807, 2.05) is 38.1 Å². The van der Waals surface area contributed by atoms with Crippen LogP contribution in [-0.2, 0) is 4.79 Å². The number of ether oxygens (including phenoxy) is 1. The quantitative estimate of drug-likeness (QED) is 0.858. The third kappa shape index (κ3) is 4.56. The molecule has 0 bridgehead atoms. The number of nitrogens with two attached hydrogens (primary N) is 1. The number of nitrogens with zero attached hydrogens (tertiary/aromatic N) is 1. The minimum atomic E-state index is -0.0238. The van der Waals surface area contributed by atoms with Crippen LogP contribution in [-0.4, -0.2) is 30.5 Å². The van der Waals surface area contributed by atoms with Crippen LogP contribution in [0.5, 0.6) is 5.75 Å². The molecule has 1 aromatic carbocycles. The van der Waals surface area contributed by atoms with Crippen molar-refractivity contribution in [2.75, 3.05) is 13.7 Å². The first kappa shape index (κ1) is 15.5. The molecule has 0 aliphatic rings. The second-order valence-electron chi connectivity index (χ2n) is 4.97. The predicted molar refractivity (Wildman–Crippen MR) is 77.1 cm³/mol. The van der Waals surface area contributed by atoms with Crippen LogP contribution in [0.3, 0.4) is 0 Å². The fourth-order valence-electron chi connectivity index (χ4n) is 1.58. The van der Waals surface area contributed by atoms with E-state index < -0.39 is 0 Å². The summed E-state index contributed by atoms with van der Waals surface area (Å²) in [7, 11) is 1.78. The standard InChI is InChI=1S/C15H24N2O2/c1-5-14(16)12-6-8-13(9-7-12)19-10-15(18)17(4)11(2)3/h6-9,11,14H,5,10,16H2,1-4H3/t14-/m0/s1. The van der Waals surface area contributed by atoms with Crippen molar-refractivity contribution in [3.63, 3.8) is 0 Å². The second-order valence-corrected chi connectivity index (χ2v) is 4.97. The smallest absolute Gasteiger partial charge is 0.260 e. The Bertz CT molecular complexity index is 401. The van der Waals surface area contributed by atoms with Gasteiger partial charge < -0.3 is 15.4 Å². The van der Waals surface area contributed by atoms with Crippen LogP contribution < -0.4 is 10.5 Å². The Kier molecular flexibility index (Phi) is 5.83. The SMILES string of the molecule is CC[C@H](N)c1ccc(OCC(=O)N(C)C(C)C)cc1. The molecule has 1 atom stereocenters. The summed E-state index contributed by atoms with van der Waals surface area (Å²) < 4.78 is 5.48. The highest BCUT2D eigenvalue weighted by atomic mass is 16.5. The normalized spacial score (nSPS) is 12.3. The zero-order valence-corrected chi connectivity index (χ0v) is 12.2. The molecule has 0 aromatic heterocycles. The summed E-state index contributed by atoms with van der Waals surface area (Å²) in [6.07, 6.45) is 0.901. The third-order valence-corrected chi connectivity index (χ3v) is 3.28. The van der Waals surface area contributed by atoms with Crippen molar-refractivity contribution in [3.05, 3.63) is 29.8 Å². The van der Waals surface area contributed by atoms with E-state index in [1.165, 1.54) is 0 Å². The number of hydrogen-bond acceptors (Lipinski definition) is 3. The van der Waals surface area contributed by atoms with Crippen LogP contribution >= 0.6 is 0 Å². The molecule has 0 saturated carbocycles. The van der Waals surface area contributed by atoms with Crippen LogP contribution in [0.1, 0.15) is 38.8 Å². The van der Waals surface area contributed by atoms with Gasteiger partial charge in [0, 0.05) is 19.1 Å². The number of hydrogen-bond donors (Lipinski definition) is 1. The number of rotatable bonds is 6. The highest BCUT2D eigenvalue weighted by Crippen LogP contribution is 2.18. The van der Waals surface area contributed by atoms with Gasteiger partial charge in [-0.25, -0.2) is 0 Å². The molecule has 19 heavy (non-hydrogen) atoms. The lowest BCUT2D eigenvalue weighted by Crippen LogP contribution is -2.36. The molecule has 0 spiro atoms. The van der Waals surface area contributed by atoms with Gasteiger partial charge in [-0.2, -0.15) is 0 Å². The van der Waals surface area contributed by atoms with E-state index in [0.717, 1.165) is 12.0 Å². The van der Waals surface area contributed by atoms with Crippen molar-refractivity contribution in [2.45, 2.75) is 39.3 Å². The lowest BCUT2D eigenvalue weighted by molar-refractivity contribution is -0.133. The predicted octanol–water partition coefficient (Wildman–Crippen LogP) is 2.34. The van der Waals surface area contributed by atoms with Crippen molar-refractivity contribution >= 4 is 5.91 Å². The van der Waals surface area contributed by atoms with Crippen LogP contribution in [0.2, 0.25) is 0 Å². The molecule has 4 nitrogen and oxygen atoms in total. The minimum Gasteiger partial charge on any atom is -0.484 e. The molecular weight excluding hydrogens is 240 g/mol. The number of amides is 1. The van der Waals surface area contributed by atoms with Gasteiger partial charge in [-0.15, -0.1) is 0 Å². The molecule has 0 unspecified atom stereocenters. The fraction of sp³-hybridized carbons (Fsp3) is 0.533. The average molecular weight is 264 g/mol. The van der Waals surface area contributed by atoms with Crippen molar-refractivity contribution in [3.8, 4) is 5.75 Å². The second kappa shape index (κ2) is 7.14. The molecule has 0 aliphatic heterocycles. The molecule has 4 heteroatoms. The highest BCUT2D eigenvalue weighted by Gasteiger charge is 2.12. The summed E-state index contributed by atoms with van der Waals surface area (Å²) in [6.45, 7) is 6.06. The maximum Gasteiger partial charge on any atom is 0.260 e. The van der Waals surface area contributed by atoms with E-state index in [9.17, 15) is 4.79 Å². The van der Waals surface area contributed by atoms with Gasteiger partial charge in [-0.05, 0) is 38.0 Å². The van der Waals surface area contributed by atoms with Gasteiger partial charge in [0.15, 0.2) is 6.61 Å². The summed E-state index contributed by atoms with van der Waals surface area (Å²) in [5.74, 6) is 0.668. The van der Waals surface area contributed by atoms with Crippen molar-refractivity contribution in [1.82, 2.24) is 4.90 Å². The van der Waals surface area contributed by atoms with E-state index in [-0.39, 0.29) is 24.6 Å². The maximum absolute atomic E-state index is 11.8. The molecule has 0 fully saturated rings. The highest BCUT2D eigenvalue weighted by molar-refractivity contribution is 5.77. The molecular formula is C15H24N2O2. The van der Waals surface area contributed by atoms with Gasteiger partial charge in [0.25, 0.3) is 5.91 Å². The zero-order valence-electron chi connectivity index (χ0n) is 12.2. The summed E-state index contributed by atoms with van der Waals surface area (Å²) in [4.78, 5) is 13.4. The fourth-order valence-corrected chi connectivity index (χ4v) is 1.58. The number of benzene rings is 1. The molecule has 1 aromatic rings. The van der Waals surface area contributed by atoms with Gasteiger partial charge >= 0.3 is 0 Å². The van der Waals surface area contributed by atoms with Gasteiger partial charge in [-0.1, -0.05) is 19.1 Å². The van der Waals surface area contributed by atoms with E-state index in [2.05, 4.69) is 6.92 Å². The summed E-state index contributed by atoms with van der Waals surface area (Å²) in [5.41, 5.74) is 7.02. The number of carbonyl (C=O) groups is 1. The van der Waals surface area contributed by atoms with E-state index in [1.54, 1.807) is 11.9 Å². The monoisotopic (exact) mass is 264 g/mol. The molecule has 0 saturated heterocycles. The molecule has 1 rings (SSSR count). The molecule has 106 valence electrons. The maximum atomic E-state index is 11.8. The molecule has 1 amide bonds. The minimum absolute atomic E-state index is 0.0238. The molecule has 0 aliphatic carbocycles. The topological polar surface area (TPSA) is 55.6 Å². The number of likely N-dealkylation sites (N-methyl/N-ethyl adjacent to an activating group) is 1. The Morgan fingerprint density at radius 3 is 2.37 bits per heavy atom. The van der Waals surface area contributed by atoms with Crippen LogP contribution in [0.4, 0.5) is 0 Å². The Morgan fingerprint density at radius 2 is 1.89 bits per heavy atom. The van der Waals surface area contributed by atoms with Gasteiger partial charge in [-0.3, -0.25) is 4.79 Å².